The Bertz CT molecular complexity index is 1130. The first-order valence-electron chi connectivity index (χ1n) is 10.6. The van der Waals surface area contributed by atoms with Crippen molar-refractivity contribution >= 4 is 28.6 Å². The van der Waals surface area contributed by atoms with Crippen LogP contribution in [0.3, 0.4) is 0 Å². The molecule has 0 aliphatic carbocycles. The van der Waals surface area contributed by atoms with E-state index in [1.54, 1.807) is 17.0 Å². The second kappa shape index (κ2) is 8.61. The molecule has 1 aliphatic heterocycles. The lowest BCUT2D eigenvalue weighted by atomic mass is 10.1. The number of nitrogens with zero attached hydrogens (tertiary/aromatic N) is 4. The maximum absolute atomic E-state index is 14.0. The highest BCUT2D eigenvalue weighted by Gasteiger charge is 2.33. The molecule has 32 heavy (non-hydrogen) atoms. The first kappa shape index (κ1) is 21.8. The van der Waals surface area contributed by atoms with Crippen molar-refractivity contribution in [2.24, 2.45) is 0 Å². The first-order chi connectivity index (χ1) is 15.3. The van der Waals surface area contributed by atoms with Gasteiger partial charge < -0.3 is 19.1 Å². The number of benzene rings is 1. The van der Waals surface area contributed by atoms with Gasteiger partial charge >= 0.3 is 5.97 Å². The van der Waals surface area contributed by atoms with Gasteiger partial charge in [-0.3, -0.25) is 4.79 Å². The number of aromatic nitrogens is 2. The van der Waals surface area contributed by atoms with Crippen LogP contribution in [0, 0.1) is 0 Å². The van der Waals surface area contributed by atoms with Crippen molar-refractivity contribution in [2.75, 3.05) is 38.2 Å². The van der Waals surface area contributed by atoms with Gasteiger partial charge in [0.15, 0.2) is 5.67 Å². The van der Waals surface area contributed by atoms with E-state index in [0.717, 1.165) is 22.3 Å². The van der Waals surface area contributed by atoms with E-state index >= 15 is 0 Å². The van der Waals surface area contributed by atoms with Crippen LogP contribution in [0.5, 0.6) is 0 Å². The lowest BCUT2D eigenvalue weighted by molar-refractivity contribution is -0.142. The number of methoxy groups -OCH3 is 1. The first-order valence-corrected chi connectivity index (χ1v) is 10.6. The standard InChI is InChI=1S/C24H27FN4O3/c1-24(2,25)23(31)28-12-10-27(11-13-28)20-14-19-8-9-29(21(19)26-15-20)16-17-4-6-18(7-5-17)22(30)32-3/h4-9,14-15H,10-13,16H2,1-3H3. The van der Waals surface area contributed by atoms with Crippen molar-refractivity contribution in [3.63, 3.8) is 0 Å². The third-order valence-electron chi connectivity index (χ3n) is 5.76. The molecule has 3 heterocycles. The molecule has 1 aliphatic rings. The normalized spacial score (nSPS) is 14.6. The average molecular weight is 439 g/mol. The Hall–Kier alpha value is -3.42. The Morgan fingerprint density at radius 1 is 1.09 bits per heavy atom. The van der Waals surface area contributed by atoms with E-state index in [4.69, 9.17) is 4.74 Å². The van der Waals surface area contributed by atoms with Crippen LogP contribution in [-0.2, 0) is 16.1 Å². The summed E-state index contributed by atoms with van der Waals surface area (Å²) >= 11 is 0. The molecule has 168 valence electrons. The predicted molar refractivity (Wildman–Crippen MR) is 121 cm³/mol. The maximum atomic E-state index is 14.0. The van der Waals surface area contributed by atoms with Crippen LogP contribution >= 0.6 is 0 Å². The summed E-state index contributed by atoms with van der Waals surface area (Å²) in [5.41, 5.74) is 1.60. The summed E-state index contributed by atoms with van der Waals surface area (Å²) in [7, 11) is 1.37. The highest BCUT2D eigenvalue weighted by molar-refractivity contribution is 5.89. The van der Waals surface area contributed by atoms with Gasteiger partial charge in [-0.25, -0.2) is 14.2 Å². The molecule has 1 aromatic carbocycles. The number of esters is 1. The molecule has 0 atom stereocenters. The van der Waals surface area contributed by atoms with Crippen molar-refractivity contribution in [3.05, 3.63) is 59.9 Å². The minimum atomic E-state index is -1.84. The summed E-state index contributed by atoms with van der Waals surface area (Å²) in [4.78, 5) is 32.2. The number of alkyl halides is 1. The molecule has 0 N–H and O–H groups in total. The molecule has 8 heteroatoms. The van der Waals surface area contributed by atoms with Gasteiger partial charge in [-0.1, -0.05) is 12.1 Å². The molecule has 1 fully saturated rings. The van der Waals surface area contributed by atoms with E-state index in [2.05, 4.69) is 20.5 Å². The van der Waals surface area contributed by atoms with Gasteiger partial charge in [0.1, 0.15) is 5.65 Å². The number of pyridine rings is 1. The zero-order chi connectivity index (χ0) is 22.9. The number of halogens is 1. The second-order valence-corrected chi connectivity index (χ2v) is 8.49. The van der Waals surface area contributed by atoms with Crippen LogP contribution in [0.25, 0.3) is 11.0 Å². The number of fused-ring (bicyclic) bond motifs is 1. The molecule has 2 aromatic heterocycles. The zero-order valence-electron chi connectivity index (χ0n) is 18.5. The lowest BCUT2D eigenvalue weighted by Crippen LogP contribution is -2.53. The molecular weight excluding hydrogens is 411 g/mol. The molecule has 1 saturated heterocycles. The summed E-state index contributed by atoms with van der Waals surface area (Å²) < 4.78 is 20.8. The van der Waals surface area contributed by atoms with Crippen molar-refractivity contribution in [1.82, 2.24) is 14.5 Å². The maximum Gasteiger partial charge on any atom is 0.337 e. The molecular formula is C24H27FN4O3. The quantitative estimate of drug-likeness (QED) is 0.572. The van der Waals surface area contributed by atoms with Crippen LogP contribution in [0.4, 0.5) is 10.1 Å². The molecule has 4 rings (SSSR count). The third-order valence-corrected chi connectivity index (χ3v) is 5.76. The fourth-order valence-electron chi connectivity index (χ4n) is 3.97. The summed E-state index contributed by atoms with van der Waals surface area (Å²) in [6.45, 7) is 5.51. The van der Waals surface area contributed by atoms with Crippen LogP contribution in [0.2, 0.25) is 0 Å². The van der Waals surface area contributed by atoms with Crippen molar-refractivity contribution < 1.29 is 18.7 Å². The van der Waals surface area contributed by atoms with Gasteiger partial charge in [0.2, 0.25) is 0 Å². The van der Waals surface area contributed by atoms with Gasteiger partial charge in [0.25, 0.3) is 5.91 Å². The Morgan fingerprint density at radius 3 is 2.41 bits per heavy atom. The van der Waals surface area contributed by atoms with E-state index in [9.17, 15) is 14.0 Å². The number of piperazine rings is 1. The average Bonchev–Trinajstić information content (AvgIpc) is 3.20. The van der Waals surface area contributed by atoms with Gasteiger partial charge in [-0.2, -0.15) is 0 Å². The van der Waals surface area contributed by atoms with E-state index in [0.29, 0.717) is 38.3 Å². The van der Waals surface area contributed by atoms with Gasteiger partial charge in [-0.05, 0) is 43.7 Å². The highest BCUT2D eigenvalue weighted by Crippen LogP contribution is 2.24. The summed E-state index contributed by atoms with van der Waals surface area (Å²) in [5, 5.41) is 1.03. The third kappa shape index (κ3) is 4.44. The number of rotatable bonds is 5. The minimum absolute atomic E-state index is 0.351. The Kier molecular flexibility index (Phi) is 5.86. The van der Waals surface area contributed by atoms with Crippen LogP contribution < -0.4 is 4.90 Å². The van der Waals surface area contributed by atoms with Gasteiger partial charge in [0.05, 0.1) is 24.6 Å². The minimum Gasteiger partial charge on any atom is -0.465 e. The monoisotopic (exact) mass is 438 g/mol. The number of hydrogen-bond acceptors (Lipinski definition) is 5. The number of carbonyl (C=O) groups excluding carboxylic acids is 2. The van der Waals surface area contributed by atoms with Crippen molar-refractivity contribution in [3.8, 4) is 0 Å². The number of carbonyl (C=O) groups is 2. The van der Waals surface area contributed by atoms with E-state index < -0.39 is 11.6 Å². The fourth-order valence-corrected chi connectivity index (χ4v) is 3.97. The SMILES string of the molecule is COC(=O)c1ccc(Cn2ccc3cc(N4CCN(C(=O)C(C)(C)F)CC4)cnc32)cc1. The zero-order valence-corrected chi connectivity index (χ0v) is 18.5. The Labute approximate surface area is 186 Å². The Morgan fingerprint density at radius 2 is 1.78 bits per heavy atom. The molecule has 3 aromatic rings. The van der Waals surface area contributed by atoms with Crippen LogP contribution in [0.1, 0.15) is 29.8 Å². The molecule has 0 unspecified atom stereocenters. The molecule has 0 saturated carbocycles. The van der Waals surface area contributed by atoms with Crippen LogP contribution in [0.15, 0.2) is 48.8 Å². The molecule has 7 nitrogen and oxygen atoms in total. The fraction of sp³-hybridized carbons (Fsp3) is 0.375. The summed E-state index contributed by atoms with van der Waals surface area (Å²) in [5.74, 6) is -0.807. The smallest absolute Gasteiger partial charge is 0.337 e. The second-order valence-electron chi connectivity index (χ2n) is 8.49. The topological polar surface area (TPSA) is 67.7 Å². The highest BCUT2D eigenvalue weighted by atomic mass is 19.1. The Balaban J connectivity index is 1.44. The molecule has 0 bridgehead atoms. The number of hydrogen-bond donors (Lipinski definition) is 0. The number of amides is 1. The summed E-state index contributed by atoms with van der Waals surface area (Å²) in [6.07, 6.45) is 3.84. The summed E-state index contributed by atoms with van der Waals surface area (Å²) in [6, 6.07) is 11.5. The lowest BCUT2D eigenvalue weighted by Gasteiger charge is -2.37. The van der Waals surface area contributed by atoms with E-state index in [1.807, 2.05) is 30.6 Å². The van der Waals surface area contributed by atoms with Crippen molar-refractivity contribution in [1.29, 1.82) is 0 Å². The largest absolute Gasteiger partial charge is 0.465 e. The van der Waals surface area contributed by atoms with Crippen LogP contribution in [-0.4, -0.2) is 65.3 Å². The van der Waals surface area contributed by atoms with Gasteiger partial charge in [-0.15, -0.1) is 0 Å². The molecule has 0 radical (unpaired) electrons. The number of ether oxygens (including phenoxy) is 1. The van der Waals surface area contributed by atoms with Gasteiger partial charge in [0, 0.05) is 44.3 Å². The molecule has 1 amide bonds. The molecule has 0 spiro atoms. The number of anilines is 1. The van der Waals surface area contributed by atoms with E-state index in [1.165, 1.54) is 21.0 Å². The predicted octanol–water partition coefficient (Wildman–Crippen LogP) is 3.27. The van der Waals surface area contributed by atoms with Crippen molar-refractivity contribution in [2.45, 2.75) is 26.1 Å². The van der Waals surface area contributed by atoms with E-state index in [-0.39, 0.29) is 5.97 Å².